The molecule has 17 heavy (non-hydrogen) atoms. The summed E-state index contributed by atoms with van der Waals surface area (Å²) in [4.78, 5) is 3.82. The molecule has 0 aliphatic heterocycles. The van der Waals surface area contributed by atoms with Crippen LogP contribution in [0, 0.1) is 0 Å². The largest absolute Gasteiger partial charge is 0.411 e. The van der Waals surface area contributed by atoms with Crippen molar-refractivity contribution in [2.75, 3.05) is 13.2 Å². The quantitative estimate of drug-likeness (QED) is 0.783. The number of halogens is 3. The molecule has 1 aromatic rings. The number of rotatable bonds is 6. The van der Waals surface area contributed by atoms with Crippen molar-refractivity contribution in [2.45, 2.75) is 25.1 Å². The number of aliphatic hydroxyl groups is 1. The van der Waals surface area contributed by atoms with E-state index in [4.69, 9.17) is 0 Å². The van der Waals surface area contributed by atoms with E-state index in [-0.39, 0.29) is 13.0 Å². The van der Waals surface area contributed by atoms with E-state index in [1.807, 2.05) is 0 Å². The van der Waals surface area contributed by atoms with E-state index in [9.17, 15) is 18.3 Å². The predicted octanol–water partition coefficient (Wildman–Crippen LogP) is 1.95. The Balaban J connectivity index is 2.16. The van der Waals surface area contributed by atoms with Crippen LogP contribution < -0.4 is 0 Å². The summed E-state index contributed by atoms with van der Waals surface area (Å²) < 4.78 is 39.6. The van der Waals surface area contributed by atoms with Crippen molar-refractivity contribution in [2.24, 2.45) is 0 Å². The highest BCUT2D eigenvalue weighted by molar-refractivity contribution is 5.10. The zero-order chi connectivity index (χ0) is 12.7. The second-order valence-electron chi connectivity index (χ2n) is 3.67. The number of aromatic nitrogens is 1. The lowest BCUT2D eigenvalue weighted by molar-refractivity contribution is -0.175. The Hall–Kier alpha value is -1.14. The molecule has 0 bridgehead atoms. The highest BCUT2D eigenvalue weighted by Gasteiger charge is 2.27. The number of pyridine rings is 1. The minimum Gasteiger partial charge on any atom is -0.393 e. The van der Waals surface area contributed by atoms with Gasteiger partial charge in [0.25, 0.3) is 0 Å². The smallest absolute Gasteiger partial charge is 0.393 e. The van der Waals surface area contributed by atoms with E-state index in [0.29, 0.717) is 6.42 Å². The number of hydrogen-bond acceptors (Lipinski definition) is 3. The number of ether oxygens (including phenoxy) is 1. The fraction of sp³-hybridized carbons (Fsp3) is 0.545. The first-order valence-corrected chi connectivity index (χ1v) is 5.19. The van der Waals surface area contributed by atoms with Gasteiger partial charge in [0.2, 0.25) is 0 Å². The monoisotopic (exact) mass is 249 g/mol. The molecule has 0 radical (unpaired) electrons. The van der Waals surface area contributed by atoms with Gasteiger partial charge >= 0.3 is 6.18 Å². The third kappa shape index (κ3) is 6.91. The summed E-state index contributed by atoms with van der Waals surface area (Å²) in [5.41, 5.74) is 0.892. The molecule has 1 unspecified atom stereocenters. The number of alkyl halides is 3. The maximum Gasteiger partial charge on any atom is 0.411 e. The van der Waals surface area contributed by atoms with Crippen LogP contribution in [0.4, 0.5) is 13.2 Å². The topological polar surface area (TPSA) is 42.4 Å². The van der Waals surface area contributed by atoms with Crippen molar-refractivity contribution in [3.8, 4) is 0 Å². The zero-order valence-corrected chi connectivity index (χ0v) is 9.15. The highest BCUT2D eigenvalue weighted by Crippen LogP contribution is 2.14. The molecule has 0 saturated heterocycles. The maximum atomic E-state index is 11.7. The van der Waals surface area contributed by atoms with Crippen LogP contribution in [0.1, 0.15) is 12.0 Å². The van der Waals surface area contributed by atoms with Crippen LogP contribution in [0.5, 0.6) is 0 Å². The lowest BCUT2D eigenvalue weighted by Gasteiger charge is -2.11. The van der Waals surface area contributed by atoms with Gasteiger partial charge in [-0.3, -0.25) is 4.98 Å². The molecule has 0 amide bonds. The Bertz CT molecular complexity index is 316. The molecule has 6 heteroatoms. The molecule has 0 fully saturated rings. The molecule has 0 spiro atoms. The molecule has 1 aromatic heterocycles. The molecule has 0 saturated carbocycles. The van der Waals surface area contributed by atoms with Crippen molar-refractivity contribution < 1.29 is 23.0 Å². The molecular formula is C11H14F3NO2. The van der Waals surface area contributed by atoms with Crippen molar-refractivity contribution in [1.29, 1.82) is 0 Å². The van der Waals surface area contributed by atoms with Gasteiger partial charge in [-0.05, 0) is 30.5 Å². The molecule has 1 N–H and O–H groups in total. The summed E-state index contributed by atoms with van der Waals surface area (Å²) in [7, 11) is 0. The Kier molecular flexibility index (Phi) is 5.37. The van der Waals surface area contributed by atoms with Crippen molar-refractivity contribution in [1.82, 2.24) is 4.98 Å². The van der Waals surface area contributed by atoms with Crippen LogP contribution >= 0.6 is 0 Å². The standard InChI is InChI=1S/C11H14F3NO2/c12-11(13,14)8-17-6-3-10(16)7-9-1-4-15-5-2-9/h1-2,4-5,10,16H,3,6-8H2. The van der Waals surface area contributed by atoms with Gasteiger partial charge in [-0.15, -0.1) is 0 Å². The van der Waals surface area contributed by atoms with E-state index < -0.39 is 18.9 Å². The van der Waals surface area contributed by atoms with Crippen LogP contribution in [0.2, 0.25) is 0 Å². The third-order valence-electron chi connectivity index (χ3n) is 2.08. The normalized spacial score (nSPS) is 13.6. The summed E-state index contributed by atoms with van der Waals surface area (Å²) >= 11 is 0. The van der Waals surface area contributed by atoms with Crippen LogP contribution in [-0.2, 0) is 11.2 Å². The van der Waals surface area contributed by atoms with Gasteiger partial charge in [-0.2, -0.15) is 13.2 Å². The van der Waals surface area contributed by atoms with Crippen molar-refractivity contribution in [3.05, 3.63) is 30.1 Å². The first-order chi connectivity index (χ1) is 7.97. The fourth-order valence-electron chi connectivity index (χ4n) is 1.30. The van der Waals surface area contributed by atoms with Crippen LogP contribution in [0.25, 0.3) is 0 Å². The number of nitrogens with zero attached hydrogens (tertiary/aromatic N) is 1. The first-order valence-electron chi connectivity index (χ1n) is 5.19. The van der Waals surface area contributed by atoms with Gasteiger partial charge in [0.05, 0.1) is 6.10 Å². The Morgan fingerprint density at radius 2 is 1.94 bits per heavy atom. The van der Waals surface area contributed by atoms with E-state index in [1.54, 1.807) is 24.5 Å². The van der Waals surface area contributed by atoms with Gasteiger partial charge in [0.15, 0.2) is 0 Å². The molecule has 0 aliphatic rings. The Labute approximate surface area is 97.2 Å². The fourth-order valence-corrected chi connectivity index (χ4v) is 1.30. The average molecular weight is 249 g/mol. The molecule has 1 atom stereocenters. The Morgan fingerprint density at radius 1 is 1.29 bits per heavy atom. The molecule has 1 rings (SSSR count). The molecule has 96 valence electrons. The number of hydrogen-bond donors (Lipinski definition) is 1. The minimum absolute atomic E-state index is 0.105. The minimum atomic E-state index is -4.31. The first kappa shape index (κ1) is 13.9. The lowest BCUT2D eigenvalue weighted by Crippen LogP contribution is -2.20. The maximum absolute atomic E-state index is 11.7. The van der Waals surface area contributed by atoms with E-state index >= 15 is 0 Å². The Morgan fingerprint density at radius 3 is 2.53 bits per heavy atom. The van der Waals surface area contributed by atoms with Crippen molar-refractivity contribution in [3.63, 3.8) is 0 Å². The summed E-state index contributed by atoms with van der Waals surface area (Å²) in [6, 6.07) is 3.50. The summed E-state index contributed by atoms with van der Waals surface area (Å²) in [5.74, 6) is 0. The highest BCUT2D eigenvalue weighted by atomic mass is 19.4. The van der Waals surface area contributed by atoms with E-state index in [1.165, 1.54) is 0 Å². The van der Waals surface area contributed by atoms with Crippen molar-refractivity contribution >= 4 is 0 Å². The van der Waals surface area contributed by atoms with Gasteiger partial charge in [0.1, 0.15) is 6.61 Å². The SMILES string of the molecule is OC(CCOCC(F)(F)F)Cc1ccncc1. The van der Waals surface area contributed by atoms with E-state index in [2.05, 4.69) is 9.72 Å². The van der Waals surface area contributed by atoms with Crippen LogP contribution in [0.3, 0.4) is 0 Å². The zero-order valence-electron chi connectivity index (χ0n) is 9.15. The van der Waals surface area contributed by atoms with Crippen LogP contribution in [0.15, 0.2) is 24.5 Å². The van der Waals surface area contributed by atoms with Gasteiger partial charge < -0.3 is 9.84 Å². The molecule has 1 heterocycles. The summed E-state index contributed by atoms with van der Waals surface area (Å²) in [6.45, 7) is -1.37. The van der Waals surface area contributed by atoms with Gasteiger partial charge in [-0.25, -0.2) is 0 Å². The van der Waals surface area contributed by atoms with E-state index in [0.717, 1.165) is 5.56 Å². The summed E-state index contributed by atoms with van der Waals surface area (Å²) in [5, 5.41) is 9.55. The van der Waals surface area contributed by atoms with Crippen LogP contribution in [-0.4, -0.2) is 35.6 Å². The third-order valence-corrected chi connectivity index (χ3v) is 2.08. The predicted molar refractivity (Wildman–Crippen MR) is 55.4 cm³/mol. The average Bonchev–Trinajstić information content (AvgIpc) is 2.25. The molecule has 3 nitrogen and oxygen atoms in total. The summed E-state index contributed by atoms with van der Waals surface area (Å²) in [6.07, 6.45) is -1.25. The molecule has 0 aliphatic carbocycles. The number of aliphatic hydroxyl groups excluding tert-OH is 1. The van der Waals surface area contributed by atoms with Gasteiger partial charge in [-0.1, -0.05) is 0 Å². The molecular weight excluding hydrogens is 235 g/mol. The lowest BCUT2D eigenvalue weighted by atomic mass is 10.1. The second kappa shape index (κ2) is 6.56. The van der Waals surface area contributed by atoms with Gasteiger partial charge in [0, 0.05) is 19.0 Å². The second-order valence-corrected chi connectivity index (χ2v) is 3.67. The molecule has 0 aromatic carbocycles.